The Morgan fingerprint density at radius 1 is 1.33 bits per heavy atom. The third-order valence-electron chi connectivity index (χ3n) is 2.90. The van der Waals surface area contributed by atoms with E-state index in [0.29, 0.717) is 6.54 Å². The maximum atomic E-state index is 12.5. The van der Waals surface area contributed by atoms with Gasteiger partial charge >= 0.3 is 5.97 Å². The molecule has 0 aliphatic rings. The SMILES string of the molecule is COc1cc(C)c(S(=O)N(C)CCOCC(=O)O)c(C)c1. The molecule has 0 aliphatic heterocycles. The highest BCUT2D eigenvalue weighted by Crippen LogP contribution is 2.25. The lowest BCUT2D eigenvalue weighted by Gasteiger charge is -2.19. The highest BCUT2D eigenvalue weighted by molar-refractivity contribution is 7.82. The van der Waals surface area contributed by atoms with E-state index in [1.54, 1.807) is 18.5 Å². The van der Waals surface area contributed by atoms with Crippen LogP contribution in [0.25, 0.3) is 0 Å². The van der Waals surface area contributed by atoms with Crippen LogP contribution in [0.5, 0.6) is 5.75 Å². The fourth-order valence-electron chi connectivity index (χ4n) is 1.90. The van der Waals surface area contributed by atoms with Crippen LogP contribution in [-0.2, 0) is 20.5 Å². The number of benzene rings is 1. The van der Waals surface area contributed by atoms with Crippen molar-refractivity contribution < 1.29 is 23.6 Å². The highest BCUT2D eigenvalue weighted by atomic mass is 32.2. The minimum atomic E-state index is -1.33. The van der Waals surface area contributed by atoms with Crippen molar-refractivity contribution in [2.45, 2.75) is 18.7 Å². The zero-order valence-corrected chi connectivity index (χ0v) is 13.5. The third kappa shape index (κ3) is 5.11. The van der Waals surface area contributed by atoms with Crippen molar-refractivity contribution in [1.82, 2.24) is 4.31 Å². The van der Waals surface area contributed by atoms with Crippen molar-refractivity contribution in [1.29, 1.82) is 0 Å². The molecule has 0 bridgehead atoms. The number of hydrogen-bond donors (Lipinski definition) is 1. The summed E-state index contributed by atoms with van der Waals surface area (Å²) in [5.41, 5.74) is 1.78. The molecular weight excluding hydrogens is 294 g/mol. The Kier molecular flexibility index (Phi) is 6.80. The Morgan fingerprint density at radius 2 is 1.90 bits per heavy atom. The fraction of sp³-hybridized carbons (Fsp3) is 0.500. The molecule has 0 aromatic heterocycles. The first-order valence-corrected chi connectivity index (χ1v) is 7.55. The van der Waals surface area contributed by atoms with Crippen molar-refractivity contribution in [2.75, 3.05) is 33.9 Å². The molecule has 1 rings (SSSR count). The first kappa shape index (κ1) is 17.6. The van der Waals surface area contributed by atoms with Gasteiger partial charge in [-0.3, -0.25) is 0 Å². The molecule has 118 valence electrons. The number of rotatable bonds is 8. The minimum absolute atomic E-state index is 0.211. The van der Waals surface area contributed by atoms with Crippen LogP contribution >= 0.6 is 0 Å². The molecule has 1 unspecified atom stereocenters. The largest absolute Gasteiger partial charge is 0.497 e. The molecule has 0 heterocycles. The monoisotopic (exact) mass is 315 g/mol. The number of carboxylic acids is 1. The molecule has 21 heavy (non-hydrogen) atoms. The zero-order chi connectivity index (χ0) is 16.0. The van der Waals surface area contributed by atoms with Crippen LogP contribution in [0.4, 0.5) is 0 Å². The van der Waals surface area contributed by atoms with Gasteiger partial charge in [-0.05, 0) is 37.1 Å². The van der Waals surface area contributed by atoms with Crippen molar-refractivity contribution in [2.24, 2.45) is 0 Å². The third-order valence-corrected chi connectivity index (χ3v) is 4.65. The second-order valence-electron chi connectivity index (χ2n) is 4.64. The zero-order valence-electron chi connectivity index (χ0n) is 12.7. The minimum Gasteiger partial charge on any atom is -0.497 e. The summed E-state index contributed by atoms with van der Waals surface area (Å²) in [6.45, 7) is 4.02. The van der Waals surface area contributed by atoms with Crippen LogP contribution in [0.1, 0.15) is 11.1 Å². The Hall–Kier alpha value is -1.44. The van der Waals surface area contributed by atoms with Crippen molar-refractivity contribution in [3.05, 3.63) is 23.3 Å². The number of nitrogens with zero attached hydrogens (tertiary/aromatic N) is 1. The summed E-state index contributed by atoms with van der Waals surface area (Å²) >= 11 is 0. The summed E-state index contributed by atoms with van der Waals surface area (Å²) in [5, 5.41) is 8.48. The summed E-state index contributed by atoms with van der Waals surface area (Å²) in [6.07, 6.45) is 0. The van der Waals surface area contributed by atoms with Gasteiger partial charge in [0.05, 0.1) is 18.6 Å². The van der Waals surface area contributed by atoms with Gasteiger partial charge < -0.3 is 14.6 Å². The molecule has 1 N–H and O–H groups in total. The number of ether oxygens (including phenoxy) is 2. The van der Waals surface area contributed by atoms with Gasteiger partial charge in [-0.2, -0.15) is 0 Å². The van der Waals surface area contributed by atoms with Gasteiger partial charge in [-0.25, -0.2) is 13.3 Å². The van der Waals surface area contributed by atoms with Crippen LogP contribution in [-0.4, -0.2) is 53.5 Å². The normalized spacial score (nSPS) is 12.4. The topological polar surface area (TPSA) is 76.1 Å². The van der Waals surface area contributed by atoms with E-state index in [2.05, 4.69) is 0 Å². The molecule has 0 fully saturated rings. The number of likely N-dealkylation sites (N-methyl/N-ethyl adjacent to an activating group) is 1. The first-order chi connectivity index (χ1) is 9.86. The summed E-state index contributed by atoms with van der Waals surface area (Å²) in [6, 6.07) is 3.68. The van der Waals surface area contributed by atoms with Gasteiger partial charge in [-0.1, -0.05) is 0 Å². The van der Waals surface area contributed by atoms with Crippen molar-refractivity contribution in [3.8, 4) is 5.75 Å². The Balaban J connectivity index is 2.72. The van der Waals surface area contributed by atoms with Gasteiger partial charge in [0.15, 0.2) is 0 Å². The maximum absolute atomic E-state index is 12.5. The van der Waals surface area contributed by atoms with Crippen molar-refractivity contribution in [3.63, 3.8) is 0 Å². The summed E-state index contributed by atoms with van der Waals surface area (Å²) in [4.78, 5) is 11.1. The number of aryl methyl sites for hydroxylation is 2. The standard InChI is InChI=1S/C14H21NO5S/c1-10-7-12(19-4)8-11(2)14(10)21(18)15(3)5-6-20-9-13(16)17/h7-8H,5-6,9H2,1-4H3,(H,16,17). The van der Waals surface area contributed by atoms with Crippen LogP contribution < -0.4 is 4.74 Å². The van der Waals surface area contributed by atoms with E-state index >= 15 is 0 Å². The number of aliphatic carboxylic acids is 1. The first-order valence-electron chi connectivity index (χ1n) is 6.44. The Bertz CT molecular complexity index is 509. The van der Waals surface area contributed by atoms with E-state index in [0.717, 1.165) is 21.8 Å². The molecule has 0 radical (unpaired) electrons. The lowest BCUT2D eigenvalue weighted by molar-refractivity contribution is -0.142. The van der Waals surface area contributed by atoms with Gasteiger partial charge in [0, 0.05) is 13.6 Å². The van der Waals surface area contributed by atoms with E-state index in [1.165, 1.54) is 0 Å². The predicted octanol–water partition coefficient (Wildman–Crippen LogP) is 1.37. The van der Waals surface area contributed by atoms with E-state index in [4.69, 9.17) is 14.6 Å². The van der Waals surface area contributed by atoms with E-state index in [9.17, 15) is 9.00 Å². The lowest BCUT2D eigenvalue weighted by atomic mass is 10.1. The van der Waals surface area contributed by atoms with Gasteiger partial charge in [0.1, 0.15) is 23.3 Å². The second-order valence-corrected chi connectivity index (χ2v) is 6.17. The average molecular weight is 315 g/mol. The van der Waals surface area contributed by atoms with E-state index < -0.39 is 17.0 Å². The van der Waals surface area contributed by atoms with Gasteiger partial charge in [0.25, 0.3) is 0 Å². The quantitative estimate of drug-likeness (QED) is 0.733. The van der Waals surface area contributed by atoms with E-state index in [1.807, 2.05) is 26.0 Å². The molecule has 1 aromatic rings. The molecule has 0 aliphatic carbocycles. The van der Waals surface area contributed by atoms with E-state index in [-0.39, 0.29) is 13.2 Å². The molecule has 1 atom stereocenters. The smallest absolute Gasteiger partial charge is 0.329 e. The summed E-state index contributed by atoms with van der Waals surface area (Å²) in [5.74, 6) is -0.279. The maximum Gasteiger partial charge on any atom is 0.329 e. The number of carboxylic acid groups (broad SMARTS) is 1. The van der Waals surface area contributed by atoms with Crippen LogP contribution in [0.2, 0.25) is 0 Å². The van der Waals surface area contributed by atoms with Crippen LogP contribution in [0, 0.1) is 13.8 Å². The predicted molar refractivity (Wildman–Crippen MR) is 80.0 cm³/mol. The molecule has 0 amide bonds. The molecule has 6 nitrogen and oxygen atoms in total. The summed E-state index contributed by atoms with van der Waals surface area (Å²) in [7, 11) is 1.98. The lowest BCUT2D eigenvalue weighted by Crippen LogP contribution is -2.27. The van der Waals surface area contributed by atoms with Gasteiger partial charge in [0.2, 0.25) is 0 Å². The molecule has 1 aromatic carbocycles. The molecular formula is C14H21NO5S. The number of hydrogen-bond acceptors (Lipinski definition) is 4. The van der Waals surface area contributed by atoms with Crippen molar-refractivity contribution >= 4 is 17.0 Å². The molecule has 7 heteroatoms. The fourth-order valence-corrected chi connectivity index (χ4v) is 3.12. The van der Waals surface area contributed by atoms with Crippen LogP contribution in [0.3, 0.4) is 0 Å². The molecule has 0 saturated heterocycles. The Labute approximate surface area is 127 Å². The summed E-state index contributed by atoms with van der Waals surface area (Å²) < 4.78 is 24.3. The molecule has 0 spiro atoms. The number of carbonyl (C=O) groups is 1. The average Bonchev–Trinajstić information content (AvgIpc) is 2.41. The van der Waals surface area contributed by atoms with Gasteiger partial charge in [-0.15, -0.1) is 0 Å². The molecule has 0 saturated carbocycles. The Morgan fingerprint density at radius 3 is 2.38 bits per heavy atom. The second kappa shape index (κ2) is 8.11. The highest BCUT2D eigenvalue weighted by Gasteiger charge is 2.16. The van der Waals surface area contributed by atoms with Crippen LogP contribution in [0.15, 0.2) is 17.0 Å². The number of methoxy groups -OCH3 is 1.